The third-order valence-corrected chi connectivity index (χ3v) is 3.72. The molecule has 18 heavy (non-hydrogen) atoms. The van der Waals surface area contributed by atoms with Gasteiger partial charge in [0.05, 0.1) is 11.0 Å². The van der Waals surface area contributed by atoms with Crippen LogP contribution in [-0.4, -0.2) is 14.5 Å². The molecule has 0 bridgehead atoms. The number of aryl methyl sites for hydroxylation is 1. The third-order valence-electron chi connectivity index (χ3n) is 2.38. The second kappa shape index (κ2) is 5.98. The number of rotatable bonds is 5. The highest BCUT2D eigenvalue weighted by molar-refractivity contribution is 7.86. The zero-order chi connectivity index (χ0) is 13.8. The predicted octanol–water partition coefficient (Wildman–Crippen LogP) is 2.64. The van der Waals surface area contributed by atoms with E-state index in [1.54, 1.807) is 12.1 Å². The molecule has 98 valence electrons. The molecule has 4 nitrogen and oxygen atoms in total. The Hall–Kier alpha value is -1.38. The van der Waals surface area contributed by atoms with E-state index in [0.29, 0.717) is 6.42 Å². The Morgan fingerprint density at radius 2 is 1.83 bits per heavy atom. The normalized spacial score (nSPS) is 13.3. The van der Waals surface area contributed by atoms with Crippen molar-refractivity contribution in [3.05, 3.63) is 29.8 Å². The van der Waals surface area contributed by atoms with Gasteiger partial charge in [-0.05, 0) is 31.4 Å². The van der Waals surface area contributed by atoms with Gasteiger partial charge in [-0.15, -0.1) is 0 Å². The highest BCUT2D eigenvalue weighted by atomic mass is 32.2. The first-order valence-corrected chi connectivity index (χ1v) is 7.15. The number of nitriles is 1. The van der Waals surface area contributed by atoms with Crippen molar-refractivity contribution >= 4 is 10.1 Å². The molecule has 0 saturated carbocycles. The van der Waals surface area contributed by atoms with E-state index in [1.807, 2.05) is 26.8 Å². The summed E-state index contributed by atoms with van der Waals surface area (Å²) in [5, 5.41) is 8.89. The van der Waals surface area contributed by atoms with Crippen molar-refractivity contribution in [3.63, 3.8) is 0 Å². The fourth-order valence-electron chi connectivity index (χ4n) is 1.46. The van der Waals surface area contributed by atoms with Gasteiger partial charge in [-0.2, -0.15) is 13.7 Å². The molecule has 0 fully saturated rings. The average molecular weight is 267 g/mol. The van der Waals surface area contributed by atoms with Crippen LogP contribution in [-0.2, 0) is 14.3 Å². The summed E-state index contributed by atoms with van der Waals surface area (Å²) < 4.78 is 28.8. The maximum absolute atomic E-state index is 11.9. The zero-order valence-corrected chi connectivity index (χ0v) is 11.6. The fourth-order valence-corrected chi connectivity index (χ4v) is 2.46. The molecule has 5 heteroatoms. The minimum atomic E-state index is -3.86. The van der Waals surface area contributed by atoms with Gasteiger partial charge < -0.3 is 0 Å². The van der Waals surface area contributed by atoms with Crippen molar-refractivity contribution in [2.75, 3.05) is 0 Å². The van der Waals surface area contributed by atoms with Crippen LogP contribution in [0.3, 0.4) is 0 Å². The van der Waals surface area contributed by atoms with E-state index in [1.165, 1.54) is 12.1 Å². The Morgan fingerprint density at radius 1 is 1.28 bits per heavy atom. The smallest absolute Gasteiger partial charge is 0.248 e. The van der Waals surface area contributed by atoms with Crippen LogP contribution in [0.25, 0.3) is 0 Å². The molecule has 0 N–H and O–H groups in total. The molecule has 0 aromatic heterocycles. The monoisotopic (exact) mass is 267 g/mol. The van der Waals surface area contributed by atoms with Crippen LogP contribution in [0.4, 0.5) is 0 Å². The SMILES string of the molecule is Cc1ccc(S(=O)(=O)O[C@@H](C#N)CC(C)C)cc1. The molecule has 1 atom stereocenters. The molecule has 0 spiro atoms. The molecule has 0 aliphatic rings. The molecule has 0 amide bonds. The van der Waals surface area contributed by atoms with Crippen molar-refractivity contribution in [2.45, 2.75) is 38.2 Å². The summed E-state index contributed by atoms with van der Waals surface area (Å²) in [5.41, 5.74) is 0.966. The number of hydrogen-bond donors (Lipinski definition) is 0. The molecule has 1 rings (SSSR count). The van der Waals surface area contributed by atoms with Gasteiger partial charge in [-0.1, -0.05) is 31.5 Å². The van der Waals surface area contributed by atoms with Crippen molar-refractivity contribution in [2.24, 2.45) is 5.92 Å². The first-order chi connectivity index (χ1) is 8.35. The summed E-state index contributed by atoms with van der Waals surface area (Å²) in [6.45, 7) is 5.69. The average Bonchev–Trinajstić information content (AvgIpc) is 2.27. The minimum absolute atomic E-state index is 0.0807. The van der Waals surface area contributed by atoms with Crippen LogP contribution in [0, 0.1) is 24.2 Å². The molecule has 0 aliphatic heterocycles. The summed E-state index contributed by atoms with van der Waals surface area (Å²) in [4.78, 5) is 0.0807. The van der Waals surface area contributed by atoms with Crippen LogP contribution < -0.4 is 0 Å². The lowest BCUT2D eigenvalue weighted by molar-refractivity contribution is 0.232. The Bertz CT molecular complexity index is 526. The van der Waals surface area contributed by atoms with Crippen molar-refractivity contribution in [1.82, 2.24) is 0 Å². The first kappa shape index (κ1) is 14.7. The summed E-state index contributed by atoms with van der Waals surface area (Å²) >= 11 is 0. The van der Waals surface area contributed by atoms with Gasteiger partial charge in [0, 0.05) is 0 Å². The van der Waals surface area contributed by atoms with Gasteiger partial charge in [0.2, 0.25) is 0 Å². The van der Waals surface area contributed by atoms with Crippen LogP contribution in [0.5, 0.6) is 0 Å². The molecule has 0 radical (unpaired) electrons. The van der Waals surface area contributed by atoms with Crippen molar-refractivity contribution in [1.29, 1.82) is 5.26 Å². The number of hydrogen-bond acceptors (Lipinski definition) is 4. The number of nitrogens with zero attached hydrogens (tertiary/aromatic N) is 1. The van der Waals surface area contributed by atoms with E-state index in [9.17, 15) is 8.42 Å². The molecular weight excluding hydrogens is 250 g/mol. The summed E-state index contributed by atoms with van der Waals surface area (Å²) in [5.74, 6) is 0.197. The Kier molecular flexibility index (Phi) is 4.88. The molecule has 0 heterocycles. The molecule has 1 aromatic carbocycles. The van der Waals surface area contributed by atoms with Crippen LogP contribution in [0.1, 0.15) is 25.8 Å². The third kappa shape index (κ3) is 4.13. The van der Waals surface area contributed by atoms with Crippen LogP contribution >= 0.6 is 0 Å². The van der Waals surface area contributed by atoms with Gasteiger partial charge in [0.15, 0.2) is 6.10 Å². The van der Waals surface area contributed by atoms with Gasteiger partial charge in [-0.25, -0.2) is 4.18 Å². The highest BCUT2D eigenvalue weighted by Crippen LogP contribution is 2.17. The lowest BCUT2D eigenvalue weighted by Gasteiger charge is -2.12. The molecule has 1 aromatic rings. The van der Waals surface area contributed by atoms with Crippen molar-refractivity contribution in [3.8, 4) is 6.07 Å². The standard InChI is InChI=1S/C13H17NO3S/c1-10(2)8-12(9-14)17-18(15,16)13-6-4-11(3)5-7-13/h4-7,10,12H,8H2,1-3H3/t12-/m1/s1. The predicted molar refractivity (Wildman–Crippen MR) is 68.3 cm³/mol. The van der Waals surface area contributed by atoms with Gasteiger partial charge in [0.1, 0.15) is 0 Å². The van der Waals surface area contributed by atoms with Gasteiger partial charge in [0.25, 0.3) is 10.1 Å². The fraction of sp³-hybridized carbons (Fsp3) is 0.462. The van der Waals surface area contributed by atoms with E-state index in [0.717, 1.165) is 5.56 Å². The molecule has 0 unspecified atom stereocenters. The van der Waals surface area contributed by atoms with Gasteiger partial charge in [-0.3, -0.25) is 0 Å². The van der Waals surface area contributed by atoms with E-state index < -0.39 is 16.2 Å². The Morgan fingerprint density at radius 3 is 2.28 bits per heavy atom. The number of benzene rings is 1. The quantitative estimate of drug-likeness (QED) is 0.769. The summed E-state index contributed by atoms with van der Waals surface area (Å²) in [7, 11) is -3.86. The van der Waals surface area contributed by atoms with Crippen LogP contribution in [0.15, 0.2) is 29.2 Å². The van der Waals surface area contributed by atoms with E-state index in [4.69, 9.17) is 9.44 Å². The summed E-state index contributed by atoms with van der Waals surface area (Å²) in [6.07, 6.45) is -0.544. The zero-order valence-electron chi connectivity index (χ0n) is 10.8. The second-order valence-corrected chi connectivity index (χ2v) is 6.18. The minimum Gasteiger partial charge on any atom is -0.248 e. The van der Waals surface area contributed by atoms with E-state index in [-0.39, 0.29) is 10.8 Å². The Balaban J connectivity index is 2.88. The maximum atomic E-state index is 11.9. The Labute approximate surface area is 108 Å². The topological polar surface area (TPSA) is 67.2 Å². The molecule has 0 saturated heterocycles. The van der Waals surface area contributed by atoms with Gasteiger partial charge >= 0.3 is 0 Å². The van der Waals surface area contributed by atoms with Crippen LogP contribution in [0.2, 0.25) is 0 Å². The summed E-state index contributed by atoms with van der Waals surface area (Å²) in [6, 6.07) is 8.22. The largest absolute Gasteiger partial charge is 0.298 e. The first-order valence-electron chi connectivity index (χ1n) is 5.74. The highest BCUT2D eigenvalue weighted by Gasteiger charge is 2.22. The van der Waals surface area contributed by atoms with Crippen molar-refractivity contribution < 1.29 is 12.6 Å². The lowest BCUT2D eigenvalue weighted by Crippen LogP contribution is -2.19. The second-order valence-electron chi connectivity index (χ2n) is 4.61. The van der Waals surface area contributed by atoms with E-state index >= 15 is 0 Å². The maximum Gasteiger partial charge on any atom is 0.298 e. The molecular formula is C13H17NO3S. The lowest BCUT2D eigenvalue weighted by atomic mass is 10.1. The molecule has 0 aliphatic carbocycles. The van der Waals surface area contributed by atoms with E-state index in [2.05, 4.69) is 0 Å².